The lowest BCUT2D eigenvalue weighted by atomic mass is 10.3. The Kier molecular flexibility index (Phi) is 3.26. The second-order valence-corrected chi connectivity index (χ2v) is 4.47. The fourth-order valence-corrected chi connectivity index (χ4v) is 2.26. The largest absolute Gasteiger partial charge is 0.312 e. The van der Waals surface area contributed by atoms with E-state index in [0.29, 0.717) is 10.7 Å². The van der Waals surface area contributed by atoms with E-state index in [1.165, 1.54) is 17.4 Å². The van der Waals surface area contributed by atoms with E-state index in [4.69, 9.17) is 0 Å². The monoisotopic (exact) mass is 237 g/mol. The summed E-state index contributed by atoms with van der Waals surface area (Å²) in [6, 6.07) is 3.19. The molecule has 0 aromatic carbocycles. The van der Waals surface area contributed by atoms with Crippen molar-refractivity contribution in [1.82, 2.24) is 15.3 Å². The van der Waals surface area contributed by atoms with Gasteiger partial charge in [0.15, 0.2) is 5.82 Å². The minimum atomic E-state index is -0.333. The predicted octanol–water partition coefficient (Wildman–Crippen LogP) is 2.62. The lowest BCUT2D eigenvalue weighted by molar-refractivity contribution is 0.625. The number of halogens is 1. The summed E-state index contributed by atoms with van der Waals surface area (Å²) in [5, 5.41) is 3.74. The quantitative estimate of drug-likeness (QED) is 0.891. The zero-order valence-corrected chi connectivity index (χ0v) is 9.88. The van der Waals surface area contributed by atoms with Crippen LogP contribution in [-0.2, 0) is 0 Å². The molecule has 0 saturated heterocycles. The van der Waals surface area contributed by atoms with Gasteiger partial charge < -0.3 is 5.32 Å². The van der Waals surface area contributed by atoms with Gasteiger partial charge in [-0.25, -0.2) is 9.37 Å². The van der Waals surface area contributed by atoms with Gasteiger partial charge in [0.05, 0.1) is 0 Å². The lowest BCUT2D eigenvalue weighted by Gasteiger charge is -2.04. The number of nitrogens with one attached hydrogen (secondary N) is 1. The van der Waals surface area contributed by atoms with Crippen LogP contribution in [0.4, 0.5) is 4.39 Å². The van der Waals surface area contributed by atoms with E-state index in [9.17, 15) is 4.39 Å². The molecule has 0 aliphatic rings. The number of hydrogen-bond acceptors (Lipinski definition) is 4. The Morgan fingerprint density at radius 1 is 1.44 bits per heavy atom. The van der Waals surface area contributed by atoms with Crippen molar-refractivity contribution in [2.24, 2.45) is 0 Å². The fourth-order valence-electron chi connectivity index (χ4n) is 1.28. The lowest BCUT2D eigenvalue weighted by Crippen LogP contribution is -2.10. The summed E-state index contributed by atoms with van der Waals surface area (Å²) in [6.07, 6.45) is 3.33. The zero-order chi connectivity index (χ0) is 11.5. The maximum Gasteiger partial charge on any atom is 0.151 e. The molecule has 3 nitrogen and oxygen atoms in total. The van der Waals surface area contributed by atoms with Crippen molar-refractivity contribution in [2.75, 3.05) is 7.05 Å². The van der Waals surface area contributed by atoms with Gasteiger partial charge in [0.25, 0.3) is 0 Å². The van der Waals surface area contributed by atoms with E-state index in [0.717, 1.165) is 4.88 Å². The van der Waals surface area contributed by atoms with E-state index < -0.39 is 0 Å². The molecular formula is C11H12FN3S. The molecule has 2 aromatic rings. The highest BCUT2D eigenvalue weighted by atomic mass is 32.1. The summed E-state index contributed by atoms with van der Waals surface area (Å²) in [4.78, 5) is 9.26. The SMILES string of the molecule is CNC(C)c1cnc(-c2ncccc2F)s1. The third-order valence-electron chi connectivity index (χ3n) is 2.34. The molecule has 84 valence electrons. The first-order valence-corrected chi connectivity index (χ1v) is 5.78. The minimum absolute atomic E-state index is 0.220. The molecule has 0 saturated carbocycles. The van der Waals surface area contributed by atoms with Gasteiger partial charge in [-0.1, -0.05) is 0 Å². The molecule has 1 N–H and O–H groups in total. The van der Waals surface area contributed by atoms with Crippen LogP contribution in [0.25, 0.3) is 10.7 Å². The van der Waals surface area contributed by atoms with Crippen LogP contribution in [0.1, 0.15) is 17.8 Å². The van der Waals surface area contributed by atoms with Gasteiger partial charge in [-0.2, -0.15) is 0 Å². The van der Waals surface area contributed by atoms with Crippen LogP contribution in [0.15, 0.2) is 24.5 Å². The molecule has 0 radical (unpaired) electrons. The Bertz CT molecular complexity index is 484. The Morgan fingerprint density at radius 3 is 2.94 bits per heavy atom. The van der Waals surface area contributed by atoms with E-state index in [2.05, 4.69) is 15.3 Å². The molecule has 2 heterocycles. The third kappa shape index (κ3) is 2.10. The van der Waals surface area contributed by atoms with Crippen molar-refractivity contribution in [2.45, 2.75) is 13.0 Å². The van der Waals surface area contributed by atoms with Crippen LogP contribution in [0.2, 0.25) is 0 Å². The number of hydrogen-bond donors (Lipinski definition) is 1. The molecule has 0 bridgehead atoms. The van der Waals surface area contributed by atoms with Gasteiger partial charge >= 0.3 is 0 Å². The first kappa shape index (κ1) is 11.2. The molecule has 0 fully saturated rings. The number of rotatable bonds is 3. The smallest absolute Gasteiger partial charge is 0.151 e. The number of thiazole rings is 1. The summed E-state index contributed by atoms with van der Waals surface area (Å²) >= 11 is 1.46. The van der Waals surface area contributed by atoms with Crippen LogP contribution in [0.5, 0.6) is 0 Å². The van der Waals surface area contributed by atoms with Crippen molar-refractivity contribution >= 4 is 11.3 Å². The molecule has 0 aliphatic carbocycles. The molecular weight excluding hydrogens is 225 g/mol. The van der Waals surface area contributed by atoms with Gasteiger partial charge in [-0.05, 0) is 26.1 Å². The molecule has 5 heteroatoms. The summed E-state index contributed by atoms with van der Waals surface area (Å²) in [6.45, 7) is 2.03. The summed E-state index contributed by atoms with van der Waals surface area (Å²) in [5.41, 5.74) is 0.321. The normalized spacial score (nSPS) is 12.7. The molecule has 1 unspecified atom stereocenters. The van der Waals surface area contributed by atoms with E-state index in [1.54, 1.807) is 18.5 Å². The van der Waals surface area contributed by atoms with Gasteiger partial charge in [-0.3, -0.25) is 4.98 Å². The average Bonchev–Trinajstić information content (AvgIpc) is 2.78. The minimum Gasteiger partial charge on any atom is -0.312 e. The van der Waals surface area contributed by atoms with E-state index in [-0.39, 0.29) is 11.9 Å². The zero-order valence-electron chi connectivity index (χ0n) is 9.07. The van der Waals surface area contributed by atoms with Crippen LogP contribution in [0.3, 0.4) is 0 Å². The van der Waals surface area contributed by atoms with Crippen LogP contribution in [-0.4, -0.2) is 17.0 Å². The molecule has 1 atom stereocenters. The van der Waals surface area contributed by atoms with Gasteiger partial charge in [-0.15, -0.1) is 11.3 Å². The Morgan fingerprint density at radius 2 is 2.25 bits per heavy atom. The highest BCUT2D eigenvalue weighted by Gasteiger charge is 2.12. The molecule has 0 amide bonds. The second kappa shape index (κ2) is 4.67. The molecule has 2 rings (SSSR count). The average molecular weight is 237 g/mol. The van der Waals surface area contributed by atoms with Gasteiger partial charge in [0.1, 0.15) is 10.7 Å². The molecule has 2 aromatic heterocycles. The molecule has 0 aliphatic heterocycles. The number of aromatic nitrogens is 2. The summed E-state index contributed by atoms with van der Waals surface area (Å²) < 4.78 is 13.5. The highest BCUT2D eigenvalue weighted by molar-refractivity contribution is 7.15. The van der Waals surface area contributed by atoms with Crippen molar-refractivity contribution in [3.63, 3.8) is 0 Å². The van der Waals surface area contributed by atoms with E-state index in [1.807, 2.05) is 14.0 Å². The first-order chi connectivity index (χ1) is 7.72. The van der Waals surface area contributed by atoms with Crippen molar-refractivity contribution < 1.29 is 4.39 Å². The molecule has 0 spiro atoms. The maximum atomic E-state index is 13.5. The summed E-state index contributed by atoms with van der Waals surface area (Å²) in [5.74, 6) is -0.333. The van der Waals surface area contributed by atoms with Crippen molar-refractivity contribution in [1.29, 1.82) is 0 Å². The Hall–Kier alpha value is -1.33. The Labute approximate surface area is 97.4 Å². The van der Waals surface area contributed by atoms with Gasteiger partial charge in [0, 0.05) is 23.3 Å². The fraction of sp³-hybridized carbons (Fsp3) is 0.273. The van der Waals surface area contributed by atoms with Crippen LogP contribution in [0, 0.1) is 5.82 Å². The van der Waals surface area contributed by atoms with Crippen LogP contribution >= 0.6 is 11.3 Å². The molecule has 16 heavy (non-hydrogen) atoms. The summed E-state index contributed by atoms with van der Waals surface area (Å²) in [7, 11) is 1.88. The van der Waals surface area contributed by atoms with Crippen molar-refractivity contribution in [3.8, 4) is 10.7 Å². The van der Waals surface area contributed by atoms with Crippen molar-refractivity contribution in [3.05, 3.63) is 35.2 Å². The van der Waals surface area contributed by atoms with E-state index >= 15 is 0 Å². The highest BCUT2D eigenvalue weighted by Crippen LogP contribution is 2.28. The first-order valence-electron chi connectivity index (χ1n) is 4.96. The number of nitrogens with zero attached hydrogens (tertiary/aromatic N) is 2. The maximum absolute atomic E-state index is 13.5. The standard InChI is InChI=1S/C11H12FN3S/c1-7(13-2)9-6-15-11(16-9)10-8(12)4-3-5-14-10/h3-7,13H,1-2H3. The van der Waals surface area contributed by atoms with Crippen LogP contribution < -0.4 is 5.32 Å². The third-order valence-corrected chi connectivity index (χ3v) is 3.53. The topological polar surface area (TPSA) is 37.8 Å². The van der Waals surface area contributed by atoms with Gasteiger partial charge in [0.2, 0.25) is 0 Å². The predicted molar refractivity (Wildman–Crippen MR) is 62.8 cm³/mol. The number of pyridine rings is 1. The second-order valence-electron chi connectivity index (χ2n) is 3.41. The Balaban J connectivity index is 2.35.